The number of aryl methyl sites for hydroxylation is 2. The molecule has 2 nitrogen and oxygen atoms in total. The van der Waals surface area contributed by atoms with Gasteiger partial charge in [0.25, 0.3) is 0 Å². The molecule has 3 rings (SSSR count). The first-order valence-electron chi connectivity index (χ1n) is 12.6. The number of hydrogen-bond acceptors (Lipinski definition) is 2. The van der Waals surface area contributed by atoms with Gasteiger partial charge in [0, 0.05) is 22.8 Å². The van der Waals surface area contributed by atoms with Gasteiger partial charge in [-0.3, -0.25) is 4.40 Å². The second-order valence-electron chi connectivity index (χ2n) is 8.95. The largest absolute Gasteiger partial charge is 0.297 e. The number of aromatic nitrogens is 2. The lowest BCUT2D eigenvalue weighted by atomic mass is 10.0. The Labute approximate surface area is 196 Å². The summed E-state index contributed by atoms with van der Waals surface area (Å²) in [6.45, 7) is 4.44. The van der Waals surface area contributed by atoms with E-state index in [1.54, 1.807) is 23.5 Å². The molecule has 176 valence electrons. The van der Waals surface area contributed by atoms with E-state index in [1.165, 1.54) is 69.1 Å². The van der Waals surface area contributed by atoms with Gasteiger partial charge >= 0.3 is 0 Å². The molecule has 3 aromatic rings. The first kappa shape index (κ1) is 24.9. The molecule has 0 aliphatic carbocycles. The van der Waals surface area contributed by atoms with Crippen LogP contribution in [0.4, 0.5) is 8.78 Å². The zero-order valence-electron chi connectivity index (χ0n) is 19.8. The van der Waals surface area contributed by atoms with Crippen molar-refractivity contribution in [1.82, 2.24) is 9.38 Å². The van der Waals surface area contributed by atoms with Crippen LogP contribution in [-0.2, 0) is 12.8 Å². The zero-order chi connectivity index (χ0) is 22.8. The zero-order valence-corrected chi connectivity index (χ0v) is 20.6. The Morgan fingerprint density at radius 1 is 0.750 bits per heavy atom. The van der Waals surface area contributed by atoms with Gasteiger partial charge in [0.15, 0.2) is 16.6 Å². The molecule has 0 unspecified atom stereocenters. The highest BCUT2D eigenvalue weighted by Crippen LogP contribution is 2.29. The fraction of sp³-hybridized carbons (Fsp3) is 0.593. The number of halogens is 2. The average Bonchev–Trinajstić information content (AvgIpc) is 3.34. The fourth-order valence-electron chi connectivity index (χ4n) is 4.24. The highest BCUT2D eigenvalue weighted by Gasteiger charge is 2.17. The van der Waals surface area contributed by atoms with E-state index >= 15 is 0 Å². The van der Waals surface area contributed by atoms with E-state index in [2.05, 4.69) is 25.0 Å². The van der Waals surface area contributed by atoms with Gasteiger partial charge in [0.05, 0.1) is 5.69 Å². The molecular formula is C27H38F2N2S. The first-order chi connectivity index (χ1) is 15.6. The standard InChI is InChI=1S/C27H38F2N2S/c1-3-5-7-9-10-12-13-15-21-17-18-23(26(29)25(21)28)24-20-31-19-22(32-27(31)30-24)16-14-11-8-6-4-2/h17-20H,3-16H2,1-2H3. The molecule has 5 heteroatoms. The van der Waals surface area contributed by atoms with Crippen molar-refractivity contribution in [2.75, 3.05) is 0 Å². The number of unbranched alkanes of at least 4 members (excludes halogenated alkanes) is 10. The van der Waals surface area contributed by atoms with Crippen LogP contribution in [0.3, 0.4) is 0 Å². The van der Waals surface area contributed by atoms with Gasteiger partial charge in [-0.25, -0.2) is 13.8 Å². The van der Waals surface area contributed by atoms with Crippen LogP contribution in [0.15, 0.2) is 24.5 Å². The molecule has 0 spiro atoms. The van der Waals surface area contributed by atoms with Crippen molar-refractivity contribution in [2.45, 2.75) is 104 Å². The van der Waals surface area contributed by atoms with E-state index in [1.807, 2.05) is 10.6 Å². The quantitative estimate of drug-likeness (QED) is 0.207. The molecule has 2 heterocycles. The topological polar surface area (TPSA) is 17.3 Å². The van der Waals surface area contributed by atoms with E-state index in [4.69, 9.17) is 0 Å². The van der Waals surface area contributed by atoms with Crippen molar-refractivity contribution in [3.8, 4) is 11.3 Å². The average molecular weight is 461 g/mol. The van der Waals surface area contributed by atoms with E-state index < -0.39 is 11.6 Å². The van der Waals surface area contributed by atoms with Gasteiger partial charge in [0.2, 0.25) is 0 Å². The minimum absolute atomic E-state index is 0.253. The Kier molecular flexibility index (Phi) is 10.2. The molecule has 0 bridgehead atoms. The number of imidazole rings is 1. The molecular weight excluding hydrogens is 422 g/mol. The third-order valence-corrected chi connectivity index (χ3v) is 7.27. The van der Waals surface area contributed by atoms with E-state index in [9.17, 15) is 8.78 Å². The summed E-state index contributed by atoms with van der Waals surface area (Å²) in [7, 11) is 0. The highest BCUT2D eigenvalue weighted by molar-refractivity contribution is 7.17. The smallest absolute Gasteiger partial charge is 0.194 e. The second kappa shape index (κ2) is 13.1. The van der Waals surface area contributed by atoms with Crippen LogP contribution in [0.1, 0.15) is 101 Å². The predicted molar refractivity (Wildman–Crippen MR) is 133 cm³/mol. The summed E-state index contributed by atoms with van der Waals surface area (Å²) in [5.74, 6) is -1.48. The van der Waals surface area contributed by atoms with Gasteiger partial charge < -0.3 is 0 Å². The summed E-state index contributed by atoms with van der Waals surface area (Å²) in [5.41, 5.74) is 1.23. The van der Waals surface area contributed by atoms with E-state index in [0.717, 1.165) is 24.2 Å². The van der Waals surface area contributed by atoms with Gasteiger partial charge in [-0.15, -0.1) is 11.3 Å². The van der Waals surface area contributed by atoms with Crippen molar-refractivity contribution < 1.29 is 8.78 Å². The lowest BCUT2D eigenvalue weighted by Crippen LogP contribution is -1.98. The Morgan fingerprint density at radius 3 is 2.03 bits per heavy atom. The Balaban J connectivity index is 1.56. The molecule has 1 aromatic carbocycles. The Morgan fingerprint density at radius 2 is 1.38 bits per heavy atom. The molecule has 0 radical (unpaired) electrons. The van der Waals surface area contributed by atoms with Crippen LogP contribution >= 0.6 is 11.3 Å². The van der Waals surface area contributed by atoms with Crippen molar-refractivity contribution in [2.24, 2.45) is 0 Å². The van der Waals surface area contributed by atoms with Crippen LogP contribution in [0.25, 0.3) is 16.2 Å². The number of nitrogens with zero attached hydrogens (tertiary/aromatic N) is 2. The summed E-state index contributed by atoms with van der Waals surface area (Å²) in [4.78, 5) is 6.72. The SMILES string of the molecule is CCCCCCCCCc1ccc(-c2cn3cc(CCCCCCC)sc3n2)c(F)c1F. The molecule has 0 fully saturated rings. The third kappa shape index (κ3) is 6.87. The summed E-state index contributed by atoms with van der Waals surface area (Å²) in [5, 5.41) is 0. The molecule has 0 saturated carbocycles. The van der Waals surface area contributed by atoms with Crippen LogP contribution < -0.4 is 0 Å². The van der Waals surface area contributed by atoms with Gasteiger partial charge in [-0.1, -0.05) is 84.1 Å². The molecule has 0 amide bonds. The summed E-state index contributed by atoms with van der Waals surface area (Å²) in [6.07, 6.45) is 20.1. The number of hydrogen-bond donors (Lipinski definition) is 0. The summed E-state index contributed by atoms with van der Waals surface area (Å²) < 4.78 is 31.5. The predicted octanol–water partition coefficient (Wildman–Crippen LogP) is 9.15. The minimum atomic E-state index is -0.771. The van der Waals surface area contributed by atoms with Crippen LogP contribution in [0.5, 0.6) is 0 Å². The maximum atomic E-state index is 14.8. The lowest BCUT2D eigenvalue weighted by Gasteiger charge is -2.07. The number of fused-ring (bicyclic) bond motifs is 1. The minimum Gasteiger partial charge on any atom is -0.297 e. The molecule has 0 atom stereocenters. The Bertz CT molecular complexity index is 929. The molecule has 0 aliphatic rings. The van der Waals surface area contributed by atoms with Gasteiger partial charge in [0.1, 0.15) is 0 Å². The second-order valence-corrected chi connectivity index (χ2v) is 10.0. The Hall–Kier alpha value is -1.75. The summed E-state index contributed by atoms with van der Waals surface area (Å²) in [6, 6.07) is 3.43. The van der Waals surface area contributed by atoms with Crippen molar-refractivity contribution in [3.05, 3.63) is 46.6 Å². The molecule has 0 N–H and O–H groups in total. The van der Waals surface area contributed by atoms with Gasteiger partial charge in [-0.05, 0) is 37.3 Å². The molecule has 0 saturated heterocycles. The van der Waals surface area contributed by atoms with Crippen LogP contribution in [0, 0.1) is 11.6 Å². The van der Waals surface area contributed by atoms with Crippen LogP contribution in [0.2, 0.25) is 0 Å². The number of thiazole rings is 1. The third-order valence-electron chi connectivity index (χ3n) is 6.22. The maximum absolute atomic E-state index is 14.8. The molecule has 0 aliphatic heterocycles. The van der Waals surface area contributed by atoms with Crippen molar-refractivity contribution >= 4 is 16.3 Å². The van der Waals surface area contributed by atoms with Gasteiger partial charge in [-0.2, -0.15) is 0 Å². The first-order valence-corrected chi connectivity index (χ1v) is 13.4. The van der Waals surface area contributed by atoms with Crippen LogP contribution in [-0.4, -0.2) is 9.38 Å². The fourth-order valence-corrected chi connectivity index (χ4v) is 5.25. The highest BCUT2D eigenvalue weighted by atomic mass is 32.1. The summed E-state index contributed by atoms with van der Waals surface area (Å²) >= 11 is 1.65. The number of rotatable bonds is 15. The maximum Gasteiger partial charge on any atom is 0.194 e. The van der Waals surface area contributed by atoms with Crippen molar-refractivity contribution in [1.29, 1.82) is 0 Å². The van der Waals surface area contributed by atoms with Crippen molar-refractivity contribution in [3.63, 3.8) is 0 Å². The normalized spacial score (nSPS) is 11.6. The number of benzene rings is 1. The molecule has 32 heavy (non-hydrogen) atoms. The lowest BCUT2D eigenvalue weighted by molar-refractivity contribution is 0.497. The van der Waals surface area contributed by atoms with E-state index in [-0.39, 0.29) is 5.56 Å². The monoisotopic (exact) mass is 460 g/mol. The van der Waals surface area contributed by atoms with E-state index in [0.29, 0.717) is 17.7 Å². The molecule has 2 aromatic heterocycles.